The van der Waals surface area contributed by atoms with Gasteiger partial charge in [0, 0.05) is 4.90 Å². The van der Waals surface area contributed by atoms with Crippen molar-refractivity contribution in [3.63, 3.8) is 0 Å². The maximum absolute atomic E-state index is 10.5. The van der Waals surface area contributed by atoms with E-state index in [1.165, 1.54) is 0 Å². The number of hydrogen-bond donors (Lipinski definition) is 0. The van der Waals surface area contributed by atoms with E-state index in [9.17, 15) is 4.79 Å². The summed E-state index contributed by atoms with van der Waals surface area (Å²) in [5, 5.41) is 0.104. The Labute approximate surface area is 77.2 Å². The van der Waals surface area contributed by atoms with Crippen LogP contribution in [0, 0.1) is 0 Å². The van der Waals surface area contributed by atoms with Crippen LogP contribution in [0.5, 0.6) is 0 Å². The molecule has 0 aliphatic heterocycles. The van der Waals surface area contributed by atoms with Crippen LogP contribution >= 0.6 is 11.8 Å². The molecule has 0 aliphatic carbocycles. The molecule has 0 aromatic heterocycles. The standard InChI is InChI=1S/C10H12OS/c1-2-9(8-11)12-10-6-4-3-5-7-10/h3-9H,2H2,1H3/t9-/m1/s1. The van der Waals surface area contributed by atoms with Crippen LogP contribution in [0.15, 0.2) is 35.2 Å². The summed E-state index contributed by atoms with van der Waals surface area (Å²) in [7, 11) is 0. The van der Waals surface area contributed by atoms with Gasteiger partial charge in [-0.05, 0) is 18.6 Å². The van der Waals surface area contributed by atoms with Gasteiger partial charge < -0.3 is 4.79 Å². The molecule has 0 unspecified atom stereocenters. The van der Waals surface area contributed by atoms with Crippen molar-refractivity contribution in [1.82, 2.24) is 0 Å². The van der Waals surface area contributed by atoms with E-state index in [1.54, 1.807) is 11.8 Å². The molecule has 0 aliphatic rings. The predicted molar refractivity (Wildman–Crippen MR) is 52.4 cm³/mol. The fraction of sp³-hybridized carbons (Fsp3) is 0.300. The molecule has 1 aromatic carbocycles. The van der Waals surface area contributed by atoms with Crippen molar-refractivity contribution in [2.75, 3.05) is 0 Å². The molecular weight excluding hydrogens is 168 g/mol. The van der Waals surface area contributed by atoms with E-state index in [1.807, 2.05) is 37.3 Å². The van der Waals surface area contributed by atoms with Gasteiger partial charge in [0.2, 0.25) is 0 Å². The Bertz CT molecular complexity index is 233. The van der Waals surface area contributed by atoms with Gasteiger partial charge >= 0.3 is 0 Å². The van der Waals surface area contributed by atoms with Crippen LogP contribution in [-0.4, -0.2) is 11.5 Å². The van der Waals surface area contributed by atoms with Crippen LogP contribution in [0.25, 0.3) is 0 Å². The van der Waals surface area contributed by atoms with Crippen LogP contribution in [0.3, 0.4) is 0 Å². The first-order chi connectivity index (χ1) is 5.86. The van der Waals surface area contributed by atoms with Gasteiger partial charge in [-0.3, -0.25) is 0 Å². The highest BCUT2D eigenvalue weighted by Gasteiger charge is 2.04. The summed E-state index contributed by atoms with van der Waals surface area (Å²) in [5.41, 5.74) is 0. The number of carbonyl (C=O) groups is 1. The minimum Gasteiger partial charge on any atom is -0.302 e. The van der Waals surface area contributed by atoms with E-state index in [4.69, 9.17) is 0 Å². The molecule has 0 saturated carbocycles. The average Bonchev–Trinajstić information content (AvgIpc) is 2.16. The van der Waals surface area contributed by atoms with Gasteiger partial charge in [-0.1, -0.05) is 25.1 Å². The Morgan fingerprint density at radius 1 is 1.42 bits per heavy atom. The van der Waals surface area contributed by atoms with Crippen LogP contribution in [0.1, 0.15) is 13.3 Å². The number of rotatable bonds is 4. The van der Waals surface area contributed by atoms with Gasteiger partial charge in [-0.25, -0.2) is 0 Å². The van der Waals surface area contributed by atoms with E-state index in [0.29, 0.717) is 0 Å². The second-order valence-corrected chi connectivity index (χ2v) is 3.83. The van der Waals surface area contributed by atoms with Gasteiger partial charge in [0.1, 0.15) is 6.29 Å². The monoisotopic (exact) mass is 180 g/mol. The van der Waals surface area contributed by atoms with Crippen molar-refractivity contribution in [3.8, 4) is 0 Å². The number of thioether (sulfide) groups is 1. The zero-order valence-electron chi connectivity index (χ0n) is 7.07. The molecule has 0 N–H and O–H groups in total. The minimum atomic E-state index is 0.104. The quantitative estimate of drug-likeness (QED) is 0.523. The van der Waals surface area contributed by atoms with Gasteiger partial charge in [-0.15, -0.1) is 11.8 Å². The van der Waals surface area contributed by atoms with E-state index in [-0.39, 0.29) is 5.25 Å². The Morgan fingerprint density at radius 2 is 2.08 bits per heavy atom. The van der Waals surface area contributed by atoms with Gasteiger partial charge in [0.25, 0.3) is 0 Å². The zero-order chi connectivity index (χ0) is 8.81. The second-order valence-electron chi connectivity index (χ2n) is 2.51. The molecule has 0 saturated heterocycles. The lowest BCUT2D eigenvalue weighted by molar-refractivity contribution is -0.107. The predicted octanol–water partition coefficient (Wildman–Crippen LogP) is 2.76. The fourth-order valence-electron chi connectivity index (χ4n) is 0.881. The third-order valence-corrected chi connectivity index (χ3v) is 2.88. The maximum Gasteiger partial charge on any atom is 0.133 e. The topological polar surface area (TPSA) is 17.1 Å². The third kappa shape index (κ3) is 2.70. The van der Waals surface area contributed by atoms with Crippen molar-refractivity contribution in [2.45, 2.75) is 23.5 Å². The summed E-state index contributed by atoms with van der Waals surface area (Å²) < 4.78 is 0. The number of carbonyl (C=O) groups excluding carboxylic acids is 1. The molecule has 1 atom stereocenters. The van der Waals surface area contributed by atoms with E-state index in [0.717, 1.165) is 17.6 Å². The largest absolute Gasteiger partial charge is 0.302 e. The van der Waals surface area contributed by atoms with Crippen molar-refractivity contribution in [2.24, 2.45) is 0 Å². The molecule has 64 valence electrons. The normalized spacial score (nSPS) is 12.4. The molecule has 12 heavy (non-hydrogen) atoms. The molecule has 0 spiro atoms. The van der Waals surface area contributed by atoms with E-state index in [2.05, 4.69) is 0 Å². The zero-order valence-corrected chi connectivity index (χ0v) is 7.88. The van der Waals surface area contributed by atoms with Crippen molar-refractivity contribution >= 4 is 18.0 Å². The fourth-order valence-corrected chi connectivity index (χ4v) is 1.77. The van der Waals surface area contributed by atoms with Gasteiger partial charge in [0.05, 0.1) is 5.25 Å². The Hall–Kier alpha value is -0.760. The van der Waals surface area contributed by atoms with Crippen molar-refractivity contribution < 1.29 is 4.79 Å². The highest BCUT2D eigenvalue weighted by Crippen LogP contribution is 2.23. The first-order valence-electron chi connectivity index (χ1n) is 4.03. The molecule has 0 radical (unpaired) electrons. The Kier molecular flexibility index (Phi) is 3.88. The second kappa shape index (κ2) is 4.99. The molecule has 1 aromatic rings. The number of aldehydes is 1. The van der Waals surface area contributed by atoms with E-state index < -0.39 is 0 Å². The lowest BCUT2D eigenvalue weighted by Gasteiger charge is -2.05. The summed E-state index contributed by atoms with van der Waals surface area (Å²) in [4.78, 5) is 11.7. The summed E-state index contributed by atoms with van der Waals surface area (Å²) in [6, 6.07) is 10.00. The summed E-state index contributed by atoms with van der Waals surface area (Å²) in [6.07, 6.45) is 1.90. The van der Waals surface area contributed by atoms with E-state index >= 15 is 0 Å². The SMILES string of the molecule is CC[C@H](C=O)Sc1ccccc1. The lowest BCUT2D eigenvalue weighted by atomic mass is 10.4. The highest BCUT2D eigenvalue weighted by atomic mass is 32.2. The van der Waals surface area contributed by atoms with Crippen LogP contribution in [-0.2, 0) is 4.79 Å². The molecule has 2 heteroatoms. The molecule has 0 heterocycles. The van der Waals surface area contributed by atoms with Crippen molar-refractivity contribution in [3.05, 3.63) is 30.3 Å². The first kappa shape index (κ1) is 9.33. The third-order valence-electron chi connectivity index (χ3n) is 1.58. The van der Waals surface area contributed by atoms with Gasteiger partial charge in [-0.2, -0.15) is 0 Å². The maximum atomic E-state index is 10.5. The molecule has 1 rings (SSSR count). The molecule has 1 nitrogen and oxygen atoms in total. The van der Waals surface area contributed by atoms with Crippen molar-refractivity contribution in [1.29, 1.82) is 0 Å². The smallest absolute Gasteiger partial charge is 0.133 e. The molecular formula is C10H12OS. The molecule has 0 amide bonds. The summed E-state index contributed by atoms with van der Waals surface area (Å²) >= 11 is 1.62. The first-order valence-corrected chi connectivity index (χ1v) is 4.91. The highest BCUT2D eigenvalue weighted by molar-refractivity contribution is 8.00. The van der Waals surface area contributed by atoms with Crippen LogP contribution in [0.2, 0.25) is 0 Å². The number of benzene rings is 1. The lowest BCUT2D eigenvalue weighted by Crippen LogP contribution is -2.00. The summed E-state index contributed by atoms with van der Waals surface area (Å²) in [6.45, 7) is 2.02. The Balaban J connectivity index is 2.56. The van der Waals surface area contributed by atoms with Crippen LogP contribution in [0.4, 0.5) is 0 Å². The van der Waals surface area contributed by atoms with Gasteiger partial charge in [0.15, 0.2) is 0 Å². The van der Waals surface area contributed by atoms with Crippen LogP contribution < -0.4 is 0 Å². The summed E-state index contributed by atoms with van der Waals surface area (Å²) in [5.74, 6) is 0. The Morgan fingerprint density at radius 3 is 2.58 bits per heavy atom. The molecule has 0 fully saturated rings. The number of hydrogen-bond acceptors (Lipinski definition) is 2. The minimum absolute atomic E-state index is 0.104. The average molecular weight is 180 g/mol. The molecule has 0 bridgehead atoms.